The van der Waals surface area contributed by atoms with Crippen molar-refractivity contribution in [3.63, 3.8) is 0 Å². The number of benzene rings is 2. The smallest absolute Gasteiger partial charge is 0.257 e. The number of thiocarbonyl (C=S) groups is 1. The summed E-state index contributed by atoms with van der Waals surface area (Å²) in [6, 6.07) is 12.9. The summed E-state index contributed by atoms with van der Waals surface area (Å²) in [4.78, 5) is 12.1. The lowest BCUT2D eigenvalue weighted by Crippen LogP contribution is -2.34. The van der Waals surface area contributed by atoms with Gasteiger partial charge in [0.25, 0.3) is 5.91 Å². The lowest BCUT2D eigenvalue weighted by Gasteiger charge is -2.13. The zero-order valence-corrected chi connectivity index (χ0v) is 14.3. The van der Waals surface area contributed by atoms with Gasteiger partial charge in [-0.1, -0.05) is 19.1 Å². The van der Waals surface area contributed by atoms with E-state index in [-0.39, 0.29) is 22.8 Å². The van der Waals surface area contributed by atoms with Crippen molar-refractivity contribution in [3.05, 3.63) is 59.9 Å². The summed E-state index contributed by atoms with van der Waals surface area (Å²) in [6.07, 6.45) is 1.01. The number of carbonyl (C=O) groups excluding carboxylic acids is 1. The number of halogens is 1. The van der Waals surface area contributed by atoms with E-state index in [1.165, 1.54) is 12.1 Å². The Labute approximate surface area is 146 Å². The molecule has 2 N–H and O–H groups in total. The standard InChI is InChI=1S/C18H19FN2O2S/c1-3-12(2)23-14-10-8-13(9-11-14)17(22)21-18(24)20-16-7-5-4-6-15(16)19/h4-12H,3H2,1-2H3,(H2,20,21,22,24). The summed E-state index contributed by atoms with van der Waals surface area (Å²) in [7, 11) is 0. The van der Waals surface area contributed by atoms with Gasteiger partial charge in [0.15, 0.2) is 5.11 Å². The largest absolute Gasteiger partial charge is 0.491 e. The van der Waals surface area contributed by atoms with Gasteiger partial charge in [-0.25, -0.2) is 4.39 Å². The molecule has 1 amide bonds. The van der Waals surface area contributed by atoms with Crippen LogP contribution in [0.3, 0.4) is 0 Å². The molecule has 126 valence electrons. The highest BCUT2D eigenvalue weighted by Crippen LogP contribution is 2.15. The van der Waals surface area contributed by atoms with Crippen molar-refractivity contribution in [1.29, 1.82) is 0 Å². The maximum atomic E-state index is 13.5. The van der Waals surface area contributed by atoms with Crippen LogP contribution >= 0.6 is 12.2 Å². The van der Waals surface area contributed by atoms with Crippen molar-refractivity contribution >= 4 is 28.9 Å². The van der Waals surface area contributed by atoms with E-state index in [0.717, 1.165) is 6.42 Å². The number of hydrogen-bond acceptors (Lipinski definition) is 3. The number of para-hydroxylation sites is 1. The monoisotopic (exact) mass is 346 g/mol. The van der Waals surface area contributed by atoms with Crippen molar-refractivity contribution in [2.75, 3.05) is 5.32 Å². The van der Waals surface area contributed by atoms with E-state index < -0.39 is 5.82 Å². The fraction of sp³-hybridized carbons (Fsp3) is 0.222. The molecule has 0 spiro atoms. The first-order valence-corrected chi connectivity index (χ1v) is 8.04. The second-order valence-corrected chi connectivity index (χ2v) is 5.66. The van der Waals surface area contributed by atoms with Crippen LogP contribution in [-0.2, 0) is 0 Å². The molecule has 0 bridgehead atoms. The molecular weight excluding hydrogens is 327 g/mol. The molecule has 24 heavy (non-hydrogen) atoms. The van der Waals surface area contributed by atoms with Crippen molar-refractivity contribution < 1.29 is 13.9 Å². The van der Waals surface area contributed by atoms with Crippen LogP contribution in [0.5, 0.6) is 5.75 Å². The van der Waals surface area contributed by atoms with E-state index in [9.17, 15) is 9.18 Å². The average Bonchev–Trinajstić information content (AvgIpc) is 2.57. The first-order chi connectivity index (χ1) is 11.5. The Balaban J connectivity index is 1.94. The van der Waals surface area contributed by atoms with Gasteiger partial charge >= 0.3 is 0 Å². The fourth-order valence-corrected chi connectivity index (χ4v) is 2.09. The molecule has 0 heterocycles. The number of hydrogen-bond donors (Lipinski definition) is 2. The molecule has 4 nitrogen and oxygen atoms in total. The third-order valence-electron chi connectivity index (χ3n) is 3.38. The predicted molar refractivity (Wildman–Crippen MR) is 96.9 cm³/mol. The molecule has 0 aromatic heterocycles. The summed E-state index contributed by atoms with van der Waals surface area (Å²) in [6.45, 7) is 4.02. The number of amides is 1. The molecule has 1 unspecified atom stereocenters. The van der Waals surface area contributed by atoms with Gasteiger partial charge in [0, 0.05) is 5.56 Å². The fourth-order valence-electron chi connectivity index (χ4n) is 1.89. The zero-order chi connectivity index (χ0) is 17.5. The summed E-state index contributed by atoms with van der Waals surface area (Å²) >= 11 is 5.04. The molecule has 6 heteroatoms. The number of anilines is 1. The van der Waals surface area contributed by atoms with Crippen LogP contribution in [0.1, 0.15) is 30.6 Å². The quantitative estimate of drug-likeness (QED) is 0.799. The third-order valence-corrected chi connectivity index (χ3v) is 3.58. The zero-order valence-electron chi connectivity index (χ0n) is 13.5. The average molecular weight is 346 g/mol. The van der Waals surface area contributed by atoms with E-state index >= 15 is 0 Å². The Kier molecular flexibility index (Phi) is 6.26. The predicted octanol–water partition coefficient (Wildman–Crippen LogP) is 4.13. The van der Waals surface area contributed by atoms with Crippen LogP contribution in [0.25, 0.3) is 0 Å². The van der Waals surface area contributed by atoms with Crippen LogP contribution in [0.2, 0.25) is 0 Å². The van der Waals surface area contributed by atoms with Gasteiger partial charge < -0.3 is 10.1 Å². The SMILES string of the molecule is CCC(C)Oc1ccc(C(=O)NC(=S)Nc2ccccc2F)cc1. The van der Waals surface area contributed by atoms with E-state index in [1.54, 1.807) is 36.4 Å². The summed E-state index contributed by atoms with van der Waals surface area (Å²) in [5.41, 5.74) is 0.643. The molecule has 2 rings (SSSR count). The summed E-state index contributed by atoms with van der Waals surface area (Å²) in [5, 5.41) is 5.21. The highest BCUT2D eigenvalue weighted by atomic mass is 32.1. The second kappa shape index (κ2) is 8.40. The Morgan fingerprint density at radius 1 is 1.21 bits per heavy atom. The van der Waals surface area contributed by atoms with Crippen molar-refractivity contribution in [3.8, 4) is 5.75 Å². The highest BCUT2D eigenvalue weighted by molar-refractivity contribution is 7.80. The minimum atomic E-state index is -0.444. The van der Waals surface area contributed by atoms with Crippen LogP contribution in [0.4, 0.5) is 10.1 Å². The van der Waals surface area contributed by atoms with Gasteiger partial charge in [-0.05, 0) is 62.0 Å². The Morgan fingerprint density at radius 3 is 2.50 bits per heavy atom. The van der Waals surface area contributed by atoms with Gasteiger partial charge in [-0.15, -0.1) is 0 Å². The Bertz CT molecular complexity index is 719. The Morgan fingerprint density at radius 2 is 1.88 bits per heavy atom. The van der Waals surface area contributed by atoms with Crippen LogP contribution in [0, 0.1) is 5.82 Å². The van der Waals surface area contributed by atoms with Gasteiger partial charge in [0.1, 0.15) is 11.6 Å². The second-order valence-electron chi connectivity index (χ2n) is 5.25. The van der Waals surface area contributed by atoms with Crippen molar-refractivity contribution in [2.45, 2.75) is 26.4 Å². The highest BCUT2D eigenvalue weighted by Gasteiger charge is 2.10. The first-order valence-electron chi connectivity index (χ1n) is 7.63. The van der Waals surface area contributed by atoms with Crippen molar-refractivity contribution in [1.82, 2.24) is 5.32 Å². The molecule has 0 fully saturated rings. The topological polar surface area (TPSA) is 50.4 Å². The molecule has 0 aliphatic rings. The lowest BCUT2D eigenvalue weighted by molar-refractivity contribution is 0.0977. The number of rotatable bonds is 5. The van der Waals surface area contributed by atoms with Gasteiger partial charge in [-0.3, -0.25) is 10.1 Å². The molecule has 0 radical (unpaired) electrons. The number of carbonyl (C=O) groups is 1. The molecular formula is C18H19FN2O2S. The van der Waals surface area contributed by atoms with E-state index in [0.29, 0.717) is 11.3 Å². The van der Waals surface area contributed by atoms with E-state index in [1.807, 2.05) is 13.8 Å². The van der Waals surface area contributed by atoms with Gasteiger partial charge in [0.05, 0.1) is 11.8 Å². The minimum Gasteiger partial charge on any atom is -0.491 e. The molecule has 0 saturated heterocycles. The molecule has 0 saturated carbocycles. The van der Waals surface area contributed by atoms with Crippen LogP contribution in [-0.4, -0.2) is 17.1 Å². The van der Waals surface area contributed by atoms with Gasteiger partial charge in [0.2, 0.25) is 0 Å². The third kappa shape index (κ3) is 5.03. The normalized spacial score (nSPS) is 11.5. The van der Waals surface area contributed by atoms with Crippen molar-refractivity contribution in [2.24, 2.45) is 0 Å². The maximum absolute atomic E-state index is 13.5. The molecule has 0 aliphatic heterocycles. The van der Waals surface area contributed by atoms with Crippen LogP contribution < -0.4 is 15.4 Å². The van der Waals surface area contributed by atoms with Gasteiger partial charge in [-0.2, -0.15) is 0 Å². The maximum Gasteiger partial charge on any atom is 0.257 e. The molecule has 0 aliphatic carbocycles. The summed E-state index contributed by atoms with van der Waals surface area (Å²) in [5.74, 6) is -0.118. The molecule has 1 atom stereocenters. The molecule has 2 aromatic carbocycles. The minimum absolute atomic E-state index is 0.0324. The van der Waals surface area contributed by atoms with E-state index in [2.05, 4.69) is 10.6 Å². The first kappa shape index (κ1) is 17.9. The lowest BCUT2D eigenvalue weighted by atomic mass is 10.2. The summed E-state index contributed by atoms with van der Waals surface area (Å²) < 4.78 is 19.2. The molecule has 2 aromatic rings. The number of nitrogens with one attached hydrogen (secondary N) is 2. The van der Waals surface area contributed by atoms with Crippen LogP contribution in [0.15, 0.2) is 48.5 Å². The Hall–Kier alpha value is -2.47. The van der Waals surface area contributed by atoms with E-state index in [4.69, 9.17) is 17.0 Å². The number of ether oxygens (including phenoxy) is 1.